The summed E-state index contributed by atoms with van der Waals surface area (Å²) in [6.45, 7) is 5.00. The van der Waals surface area contributed by atoms with E-state index < -0.39 is 47.8 Å². The molecule has 0 aliphatic carbocycles. The van der Waals surface area contributed by atoms with E-state index >= 15 is 0 Å². The van der Waals surface area contributed by atoms with E-state index in [9.17, 15) is 31.9 Å². The fourth-order valence-electron chi connectivity index (χ4n) is 2.05. The van der Waals surface area contributed by atoms with Gasteiger partial charge in [0.05, 0.1) is 5.41 Å². The molecule has 10 heteroatoms. The van der Waals surface area contributed by atoms with Crippen molar-refractivity contribution in [2.45, 2.75) is 70.8 Å². The Kier molecular flexibility index (Phi) is 5.32. The maximum absolute atomic E-state index is 14.4. The Morgan fingerprint density at radius 1 is 1.25 bits per heavy atom. The predicted octanol–water partition coefficient (Wildman–Crippen LogP) is 3.00. The summed E-state index contributed by atoms with van der Waals surface area (Å²) in [6.07, 6.45) is -7.27. The van der Waals surface area contributed by atoms with Gasteiger partial charge in [-0.25, -0.2) is 0 Å². The van der Waals surface area contributed by atoms with Crippen LogP contribution in [-0.4, -0.2) is 47.5 Å². The molecule has 1 aliphatic rings. The molecule has 0 saturated carbocycles. The normalized spacial score (nSPS) is 34.0. The summed E-state index contributed by atoms with van der Waals surface area (Å²) in [4.78, 5) is 11.9. The van der Waals surface area contributed by atoms with Crippen LogP contribution in [0.3, 0.4) is 0 Å². The average molecular weight is 364 g/mol. The lowest BCUT2D eigenvalue weighted by molar-refractivity contribution is -0.519. The number of carbonyl (C=O) groups is 1. The van der Waals surface area contributed by atoms with Gasteiger partial charge >= 0.3 is 23.9 Å². The topological polar surface area (TPSA) is 65.0 Å². The zero-order valence-electron chi connectivity index (χ0n) is 14.0. The first-order chi connectivity index (χ1) is 10.5. The minimum absolute atomic E-state index is 0.325. The van der Waals surface area contributed by atoms with Gasteiger partial charge in [0.2, 0.25) is 0 Å². The first-order valence-corrected chi connectivity index (χ1v) is 7.24. The monoisotopic (exact) mass is 364 g/mol. The molecule has 0 amide bonds. The van der Waals surface area contributed by atoms with Crippen molar-refractivity contribution in [3.8, 4) is 0 Å². The lowest BCUT2D eigenvalue weighted by Gasteiger charge is -2.51. The highest BCUT2D eigenvalue weighted by Crippen LogP contribution is 2.53. The molecular weight excluding hydrogens is 343 g/mol. The second kappa shape index (κ2) is 6.06. The van der Waals surface area contributed by atoms with Crippen molar-refractivity contribution in [3.05, 3.63) is 0 Å². The molecule has 3 atom stereocenters. The van der Waals surface area contributed by atoms with Gasteiger partial charge in [0.25, 0.3) is 0 Å². The summed E-state index contributed by atoms with van der Waals surface area (Å²) in [5, 5.41) is 9.50. The molecule has 0 radical (unpaired) electrons. The van der Waals surface area contributed by atoms with Crippen molar-refractivity contribution in [2.24, 2.45) is 5.41 Å². The van der Waals surface area contributed by atoms with Crippen molar-refractivity contribution in [1.29, 1.82) is 0 Å². The molecule has 24 heavy (non-hydrogen) atoms. The van der Waals surface area contributed by atoms with Gasteiger partial charge in [-0.15, -0.1) is 0 Å². The summed E-state index contributed by atoms with van der Waals surface area (Å²) < 4.78 is 81.1. The Bertz CT molecular complexity index is 492. The molecule has 1 N–H and O–H groups in total. The van der Waals surface area contributed by atoms with Crippen molar-refractivity contribution < 1.29 is 46.1 Å². The molecule has 1 saturated heterocycles. The molecule has 1 aliphatic heterocycles. The standard InChI is InChI=1S/C14H21F5O5/c1-6-10(3,4)9(20)22-7-11(5)12(15,16)13(21,14(17,18)19)24-8(2)23-11/h8,21H,6-7H2,1-5H3. The third-order valence-electron chi connectivity index (χ3n) is 4.15. The highest BCUT2D eigenvalue weighted by molar-refractivity contribution is 5.75. The van der Waals surface area contributed by atoms with Crippen LogP contribution in [0.5, 0.6) is 0 Å². The van der Waals surface area contributed by atoms with Gasteiger partial charge in [0.15, 0.2) is 11.9 Å². The number of ether oxygens (including phenoxy) is 3. The van der Waals surface area contributed by atoms with Crippen LogP contribution in [0, 0.1) is 5.41 Å². The zero-order valence-corrected chi connectivity index (χ0v) is 14.0. The summed E-state index contributed by atoms with van der Waals surface area (Å²) in [5.41, 5.74) is -3.95. The molecule has 0 aromatic rings. The summed E-state index contributed by atoms with van der Waals surface area (Å²) in [6, 6.07) is 0. The average Bonchev–Trinajstić information content (AvgIpc) is 2.41. The van der Waals surface area contributed by atoms with Crippen molar-refractivity contribution in [2.75, 3.05) is 6.61 Å². The highest BCUT2D eigenvalue weighted by atomic mass is 19.4. The van der Waals surface area contributed by atoms with Crippen LogP contribution in [0.25, 0.3) is 0 Å². The fraction of sp³-hybridized carbons (Fsp3) is 0.929. The molecule has 1 rings (SSSR count). The first-order valence-electron chi connectivity index (χ1n) is 7.24. The van der Waals surface area contributed by atoms with Gasteiger partial charge in [-0.05, 0) is 34.1 Å². The smallest absolute Gasteiger partial charge is 0.449 e. The molecule has 0 aromatic carbocycles. The number of halogens is 5. The van der Waals surface area contributed by atoms with E-state index in [0.717, 1.165) is 6.92 Å². The van der Waals surface area contributed by atoms with Crippen molar-refractivity contribution >= 4 is 5.97 Å². The van der Waals surface area contributed by atoms with Crippen LogP contribution < -0.4 is 0 Å². The van der Waals surface area contributed by atoms with E-state index in [1.807, 2.05) is 0 Å². The van der Waals surface area contributed by atoms with E-state index in [1.54, 1.807) is 6.92 Å². The van der Waals surface area contributed by atoms with Crippen molar-refractivity contribution in [1.82, 2.24) is 0 Å². The molecule has 1 heterocycles. The van der Waals surface area contributed by atoms with Crippen LogP contribution in [0.4, 0.5) is 22.0 Å². The number of carbonyl (C=O) groups excluding carboxylic acids is 1. The van der Waals surface area contributed by atoms with Gasteiger partial charge in [-0.3, -0.25) is 4.79 Å². The van der Waals surface area contributed by atoms with Crippen LogP contribution >= 0.6 is 0 Å². The molecule has 0 aromatic heterocycles. The van der Waals surface area contributed by atoms with Gasteiger partial charge in [-0.1, -0.05) is 6.92 Å². The van der Waals surface area contributed by atoms with Crippen LogP contribution in [0.1, 0.15) is 41.0 Å². The Hall–Kier alpha value is -1.00. The SMILES string of the molecule is CCC(C)(C)C(=O)OCC1(C)OC(C)OC(O)(C(F)(F)F)C1(F)F. The summed E-state index contributed by atoms with van der Waals surface area (Å²) in [7, 11) is 0. The third kappa shape index (κ3) is 3.23. The number of aliphatic hydroxyl groups is 1. The molecule has 0 spiro atoms. The van der Waals surface area contributed by atoms with Gasteiger partial charge < -0.3 is 19.3 Å². The second-order valence-electron chi connectivity index (χ2n) is 6.56. The van der Waals surface area contributed by atoms with Crippen molar-refractivity contribution in [3.63, 3.8) is 0 Å². The molecular formula is C14H21F5O5. The number of hydrogen-bond donors (Lipinski definition) is 1. The highest BCUT2D eigenvalue weighted by Gasteiger charge is 2.80. The Morgan fingerprint density at radius 2 is 1.75 bits per heavy atom. The van der Waals surface area contributed by atoms with Crippen LogP contribution in [-0.2, 0) is 19.0 Å². The third-order valence-corrected chi connectivity index (χ3v) is 4.15. The minimum atomic E-state index is -5.79. The molecule has 1 fully saturated rings. The minimum Gasteiger partial charge on any atom is -0.462 e. The lowest BCUT2D eigenvalue weighted by atomic mass is 9.88. The van der Waals surface area contributed by atoms with Crippen LogP contribution in [0.2, 0.25) is 0 Å². The van der Waals surface area contributed by atoms with Gasteiger partial charge in [0, 0.05) is 0 Å². The molecule has 5 nitrogen and oxygen atoms in total. The number of rotatable bonds is 4. The largest absolute Gasteiger partial charge is 0.462 e. The van der Waals surface area contributed by atoms with E-state index in [-0.39, 0.29) is 0 Å². The van der Waals surface area contributed by atoms with Gasteiger partial charge in [0.1, 0.15) is 6.61 Å². The van der Waals surface area contributed by atoms with E-state index in [2.05, 4.69) is 4.74 Å². The maximum atomic E-state index is 14.4. The van der Waals surface area contributed by atoms with E-state index in [4.69, 9.17) is 9.47 Å². The first kappa shape index (κ1) is 21.0. The molecule has 142 valence electrons. The zero-order chi connectivity index (χ0) is 19.2. The molecule has 0 bridgehead atoms. The predicted molar refractivity (Wildman–Crippen MR) is 71.0 cm³/mol. The Morgan fingerprint density at radius 3 is 2.17 bits per heavy atom. The number of esters is 1. The van der Waals surface area contributed by atoms with E-state index in [1.165, 1.54) is 13.8 Å². The number of alkyl halides is 5. The summed E-state index contributed by atoms with van der Waals surface area (Å²) >= 11 is 0. The Balaban J connectivity index is 3.13. The maximum Gasteiger partial charge on any atom is 0.449 e. The molecule has 3 unspecified atom stereocenters. The van der Waals surface area contributed by atoms with Crippen LogP contribution in [0.15, 0.2) is 0 Å². The quantitative estimate of drug-likeness (QED) is 0.614. The van der Waals surface area contributed by atoms with E-state index in [0.29, 0.717) is 13.3 Å². The Labute approximate surface area is 136 Å². The number of hydrogen-bond acceptors (Lipinski definition) is 5. The fourth-order valence-corrected chi connectivity index (χ4v) is 2.05. The summed E-state index contributed by atoms with van der Waals surface area (Å²) in [5.74, 6) is -10.6. The van der Waals surface area contributed by atoms with Gasteiger partial charge in [-0.2, -0.15) is 22.0 Å². The lowest BCUT2D eigenvalue weighted by Crippen LogP contribution is -2.75. The second-order valence-corrected chi connectivity index (χ2v) is 6.56.